The summed E-state index contributed by atoms with van der Waals surface area (Å²) in [4.78, 5) is 15.9. The first kappa shape index (κ1) is 32.2. The molecule has 1 heterocycles. The van der Waals surface area contributed by atoms with Crippen molar-refractivity contribution in [2.75, 3.05) is 0 Å². The van der Waals surface area contributed by atoms with Crippen LogP contribution in [0.3, 0.4) is 0 Å². The van der Waals surface area contributed by atoms with Crippen LogP contribution < -0.4 is 0 Å². The number of hydrogen-bond acceptors (Lipinski definition) is 3. The minimum Gasteiger partial charge on any atom is -0.212 e. The van der Waals surface area contributed by atoms with Crippen LogP contribution in [0.5, 0.6) is 0 Å². The van der Waals surface area contributed by atoms with Crippen LogP contribution in [0.1, 0.15) is 54.3 Å². The Labute approximate surface area is 317 Å². The van der Waals surface area contributed by atoms with Crippen molar-refractivity contribution < 1.29 is 0 Å². The van der Waals surface area contributed by atoms with Gasteiger partial charge in [-0.25, -0.2) is 15.0 Å². The summed E-state index contributed by atoms with van der Waals surface area (Å²) in [5.41, 5.74) is 17.3. The van der Waals surface area contributed by atoms with Crippen LogP contribution >= 0.6 is 0 Å². The molecular weight excluding hydrogens is 655 g/mol. The second-order valence-corrected chi connectivity index (χ2v) is 15.1. The predicted octanol–water partition coefficient (Wildman–Crippen LogP) is 12.6. The van der Waals surface area contributed by atoms with Crippen molar-refractivity contribution in [2.45, 2.75) is 38.0 Å². The second-order valence-electron chi connectivity index (χ2n) is 15.1. The van der Waals surface area contributed by atoms with Crippen LogP contribution in [-0.4, -0.2) is 15.0 Å². The lowest BCUT2D eigenvalue weighted by atomic mass is 9.80. The van der Waals surface area contributed by atoms with Crippen molar-refractivity contribution in [3.63, 3.8) is 0 Å². The van der Waals surface area contributed by atoms with Gasteiger partial charge in [-0.05, 0) is 91.7 Å². The minimum absolute atomic E-state index is 0.00913. The maximum atomic E-state index is 5.35. The van der Waals surface area contributed by atoms with Gasteiger partial charge in [0, 0.05) is 22.5 Å². The zero-order chi connectivity index (χ0) is 36.2. The number of aryl methyl sites for hydroxylation is 1. The summed E-state index contributed by atoms with van der Waals surface area (Å²) in [6.45, 7) is 4.73. The van der Waals surface area contributed by atoms with E-state index in [2.05, 4.69) is 184 Å². The first-order valence-corrected chi connectivity index (χ1v) is 19.0. The molecule has 0 amide bonds. The first-order chi connectivity index (χ1) is 26.5. The number of aromatic nitrogens is 3. The number of fused-ring (bicyclic) bond motifs is 6. The van der Waals surface area contributed by atoms with Crippen molar-refractivity contribution in [3.05, 3.63) is 198 Å². The van der Waals surface area contributed by atoms with E-state index < -0.39 is 0 Å². The number of hydrogen-bond donors (Lipinski definition) is 0. The highest BCUT2D eigenvalue weighted by Crippen LogP contribution is 2.52. The lowest BCUT2D eigenvalue weighted by Crippen LogP contribution is -2.15. The maximum absolute atomic E-state index is 5.35. The van der Waals surface area contributed by atoms with Crippen molar-refractivity contribution in [1.29, 1.82) is 0 Å². The Morgan fingerprint density at radius 3 is 1.76 bits per heavy atom. The van der Waals surface area contributed by atoms with Gasteiger partial charge in [0.05, 0.1) is 0 Å². The zero-order valence-corrected chi connectivity index (χ0v) is 30.5. The molecule has 0 bridgehead atoms. The molecule has 0 spiro atoms. The van der Waals surface area contributed by atoms with Crippen LogP contribution in [0.15, 0.2) is 170 Å². The quantitative estimate of drug-likeness (QED) is 0.180. The van der Waals surface area contributed by atoms with Gasteiger partial charge in [-0.1, -0.05) is 172 Å². The van der Waals surface area contributed by atoms with Gasteiger partial charge in [-0.3, -0.25) is 0 Å². The Morgan fingerprint density at radius 2 is 1.00 bits per heavy atom. The molecule has 0 saturated carbocycles. The van der Waals surface area contributed by atoms with Gasteiger partial charge in [0.15, 0.2) is 11.6 Å². The van der Waals surface area contributed by atoms with Crippen molar-refractivity contribution >= 4 is 0 Å². The number of rotatable bonds is 5. The molecule has 10 rings (SSSR count). The first-order valence-electron chi connectivity index (χ1n) is 19.0. The van der Waals surface area contributed by atoms with Gasteiger partial charge >= 0.3 is 0 Å². The van der Waals surface area contributed by atoms with Crippen LogP contribution in [-0.2, 0) is 11.8 Å². The molecule has 0 aliphatic heterocycles. The van der Waals surface area contributed by atoms with E-state index in [1.807, 2.05) is 0 Å². The molecule has 7 aromatic carbocycles. The van der Waals surface area contributed by atoms with Crippen LogP contribution in [0.25, 0.3) is 67.3 Å². The molecule has 2 aliphatic carbocycles. The fraction of sp³-hybridized carbons (Fsp3) is 0.118. The third kappa shape index (κ3) is 5.47. The third-order valence-corrected chi connectivity index (χ3v) is 11.6. The van der Waals surface area contributed by atoms with Gasteiger partial charge in [0.1, 0.15) is 5.82 Å². The molecule has 54 heavy (non-hydrogen) atoms. The molecule has 0 saturated heterocycles. The number of nitrogens with zero attached hydrogens (tertiary/aromatic N) is 3. The second kappa shape index (κ2) is 12.9. The Kier molecular flexibility index (Phi) is 7.69. The molecule has 1 unspecified atom stereocenters. The summed E-state index contributed by atoms with van der Waals surface area (Å²) in [7, 11) is 0. The normalized spacial score (nSPS) is 15.0. The van der Waals surface area contributed by atoms with E-state index in [9.17, 15) is 0 Å². The van der Waals surface area contributed by atoms with Crippen molar-refractivity contribution in [3.8, 4) is 67.3 Å². The highest BCUT2D eigenvalue weighted by Gasteiger charge is 2.37. The highest BCUT2D eigenvalue weighted by atomic mass is 15.0. The predicted molar refractivity (Wildman–Crippen MR) is 221 cm³/mol. The Bertz CT molecular complexity index is 2680. The Hall–Kier alpha value is -6.45. The molecule has 3 nitrogen and oxygen atoms in total. The summed E-state index contributed by atoms with van der Waals surface area (Å²) in [6, 6.07) is 61.0. The molecular formula is C51H39N3. The van der Waals surface area contributed by atoms with Crippen LogP contribution in [0.4, 0.5) is 0 Å². The van der Waals surface area contributed by atoms with Gasteiger partial charge < -0.3 is 0 Å². The fourth-order valence-corrected chi connectivity index (χ4v) is 8.74. The van der Waals surface area contributed by atoms with Gasteiger partial charge in [-0.2, -0.15) is 0 Å². The lowest BCUT2D eigenvalue weighted by Gasteiger charge is -2.23. The molecule has 0 radical (unpaired) electrons. The average molecular weight is 694 g/mol. The molecule has 1 aromatic heterocycles. The fourth-order valence-electron chi connectivity index (χ4n) is 8.74. The van der Waals surface area contributed by atoms with E-state index >= 15 is 0 Å². The van der Waals surface area contributed by atoms with E-state index in [-0.39, 0.29) is 11.3 Å². The molecule has 0 N–H and O–H groups in total. The topological polar surface area (TPSA) is 38.7 Å². The largest absolute Gasteiger partial charge is 0.212 e. The average Bonchev–Trinajstić information content (AvgIpc) is 3.34. The van der Waals surface area contributed by atoms with Gasteiger partial charge in [-0.15, -0.1) is 0 Å². The van der Waals surface area contributed by atoms with Crippen LogP contribution in [0, 0.1) is 0 Å². The van der Waals surface area contributed by atoms with Gasteiger partial charge in [0.25, 0.3) is 0 Å². The SMILES string of the molecule is CC1(C)c2ccccc2-c2cc3c(cc21)-c1ccccc1C(c1nc(-c2ccc(-c4ccccc4)cc2)nc(-c2cccc(-c4ccccc4)c2)n1)CC3. The third-order valence-electron chi connectivity index (χ3n) is 11.6. The van der Waals surface area contributed by atoms with E-state index in [4.69, 9.17) is 15.0 Å². The zero-order valence-electron chi connectivity index (χ0n) is 30.5. The lowest BCUT2D eigenvalue weighted by molar-refractivity contribution is 0.660. The smallest absolute Gasteiger partial charge is 0.163 e. The molecule has 0 fully saturated rings. The molecule has 1 atom stereocenters. The van der Waals surface area contributed by atoms with Crippen molar-refractivity contribution in [2.24, 2.45) is 0 Å². The summed E-state index contributed by atoms with van der Waals surface area (Å²) < 4.78 is 0. The Balaban J connectivity index is 1.11. The maximum Gasteiger partial charge on any atom is 0.163 e. The van der Waals surface area contributed by atoms with E-state index in [1.165, 1.54) is 55.6 Å². The summed E-state index contributed by atoms with van der Waals surface area (Å²) in [5.74, 6) is 2.18. The Morgan fingerprint density at radius 1 is 0.426 bits per heavy atom. The summed E-state index contributed by atoms with van der Waals surface area (Å²) in [6.07, 6.45) is 1.82. The highest BCUT2D eigenvalue weighted by molar-refractivity contribution is 5.86. The summed E-state index contributed by atoms with van der Waals surface area (Å²) >= 11 is 0. The minimum atomic E-state index is -0.0655. The van der Waals surface area contributed by atoms with Crippen molar-refractivity contribution in [1.82, 2.24) is 15.0 Å². The molecule has 8 aromatic rings. The molecule has 2 aliphatic rings. The van der Waals surface area contributed by atoms with E-state index in [1.54, 1.807) is 0 Å². The summed E-state index contributed by atoms with van der Waals surface area (Å²) in [5, 5.41) is 0. The van der Waals surface area contributed by atoms with Gasteiger partial charge in [0.2, 0.25) is 0 Å². The number of benzene rings is 7. The molecule has 3 heteroatoms. The van der Waals surface area contributed by atoms with Crippen LogP contribution in [0.2, 0.25) is 0 Å². The molecule has 258 valence electrons. The standard InChI is InChI=1S/C51H39N3/c1-51(2)46-23-12-11-22-42(46)45-31-38-28-29-43(40-20-9-10-21-41(40)44(38)32-47(45)51)50-53-48(36-26-24-35(25-27-36)33-14-5-3-6-15-33)52-49(54-50)39-19-13-18-37(30-39)34-16-7-4-8-17-34/h3-27,30-32,43H,28-29H2,1-2H3. The monoisotopic (exact) mass is 693 g/mol. The van der Waals surface area contributed by atoms with E-state index in [0.29, 0.717) is 11.6 Å². The van der Waals surface area contributed by atoms with E-state index in [0.717, 1.165) is 40.9 Å².